The van der Waals surface area contributed by atoms with Crippen LogP contribution in [0, 0.1) is 52.7 Å². The van der Waals surface area contributed by atoms with Crippen LogP contribution in [0.15, 0.2) is 14.8 Å². The second kappa shape index (κ2) is 52.2. The summed E-state index contributed by atoms with van der Waals surface area (Å²) in [6.45, 7) is -1.72. The van der Waals surface area contributed by atoms with E-state index < -0.39 is 298 Å². The maximum atomic E-state index is 15.7. The van der Waals surface area contributed by atoms with E-state index in [2.05, 4.69) is 49.5 Å². The Morgan fingerprint density at radius 3 is 1.38 bits per heavy atom. The van der Waals surface area contributed by atoms with Crippen LogP contribution in [0.25, 0.3) is 0 Å². The van der Waals surface area contributed by atoms with Gasteiger partial charge in [-0.05, 0) is 38.5 Å². The molecule has 2 saturated carbocycles. The Morgan fingerprint density at radius 1 is 0.508 bits per heavy atom. The number of hydrogen-bond donors (Lipinski definition) is 17. The van der Waals surface area contributed by atoms with Crippen molar-refractivity contribution in [2.75, 3.05) is 83.4 Å². The van der Waals surface area contributed by atoms with Crippen molar-refractivity contribution in [3.05, 3.63) is 34.9 Å². The third-order valence-electron chi connectivity index (χ3n) is 18.2. The van der Waals surface area contributed by atoms with E-state index in [1.807, 2.05) is 0 Å². The predicted molar refractivity (Wildman–Crippen MR) is 410 cm³/mol. The largest absolute Gasteiger partial charge is 0.755 e. The number of ketones is 3. The van der Waals surface area contributed by atoms with E-state index in [1.54, 1.807) is 0 Å². The number of aliphatic imine (C=N–C) groups is 1. The van der Waals surface area contributed by atoms with Crippen LogP contribution in [-0.2, 0) is 109 Å². The lowest BCUT2D eigenvalue weighted by atomic mass is 9.91. The van der Waals surface area contributed by atoms with Crippen molar-refractivity contribution in [3.8, 4) is 0 Å². The zero-order valence-electron chi connectivity index (χ0n) is 63.6. The second-order valence-electron chi connectivity index (χ2n) is 27.4. The van der Waals surface area contributed by atoms with Gasteiger partial charge in [-0.2, -0.15) is 12.6 Å². The molecular formula is C68H98F6N12O27S5-2. The number of benzene rings is 2. The summed E-state index contributed by atoms with van der Waals surface area (Å²) >= 11 is -2.67. The van der Waals surface area contributed by atoms with Crippen molar-refractivity contribution in [2.45, 2.75) is 201 Å². The van der Waals surface area contributed by atoms with E-state index in [-0.39, 0.29) is 70.5 Å². The summed E-state index contributed by atoms with van der Waals surface area (Å²) in [6.07, 6.45) is 2.68. The second-order valence-corrected chi connectivity index (χ2v) is 33.2. The number of hydrogen-bond acceptors (Lipinski definition) is 27. The van der Waals surface area contributed by atoms with Crippen LogP contribution in [-0.4, -0.2) is 230 Å². The molecule has 39 nitrogen and oxygen atoms in total. The number of anilines is 4. The van der Waals surface area contributed by atoms with Crippen LogP contribution < -0.4 is 58.5 Å². The van der Waals surface area contributed by atoms with E-state index in [0.29, 0.717) is 38.5 Å². The molecular weight excluding hydrogens is 1690 g/mol. The first-order chi connectivity index (χ1) is 55.4. The molecule has 0 spiro atoms. The number of carbonyl (C=O) groups excluding carboxylic acids is 7. The first kappa shape index (κ1) is 103. The number of halogens is 6. The third-order valence-corrected chi connectivity index (χ3v) is 22.9. The summed E-state index contributed by atoms with van der Waals surface area (Å²) in [7, 11) is -9.70. The highest BCUT2D eigenvalue weighted by molar-refractivity contribution is 7.92. The zero-order valence-corrected chi connectivity index (χ0v) is 67.8. The Balaban J connectivity index is 0.000000996. The number of amides is 4. The minimum atomic E-state index is -4.94. The number of nitrogens with one attached hydrogen (secondary N) is 8. The van der Waals surface area contributed by atoms with E-state index in [9.17, 15) is 121 Å². The van der Waals surface area contributed by atoms with Crippen LogP contribution >= 0.6 is 12.6 Å². The number of nitrogens with two attached hydrogens (primary N) is 3. The van der Waals surface area contributed by atoms with Gasteiger partial charge < -0.3 is 103 Å². The molecule has 0 heterocycles. The van der Waals surface area contributed by atoms with Crippen LogP contribution in [0.3, 0.4) is 0 Å². The lowest BCUT2D eigenvalue weighted by Gasteiger charge is -2.25. The molecule has 19 N–H and O–H groups in total. The smallest absolute Gasteiger partial charge is 0.307 e. The van der Waals surface area contributed by atoms with Gasteiger partial charge in [-0.25, -0.2) is 43.2 Å². The first-order valence-corrected chi connectivity index (χ1v) is 43.0. The number of aliphatic carboxylic acids is 5. The number of nitrogens with zero attached hydrogens (tertiary/aromatic N) is 1. The van der Waals surface area contributed by atoms with Gasteiger partial charge in [0.1, 0.15) is 33.0 Å². The highest BCUT2D eigenvalue weighted by atomic mass is 32.2. The van der Waals surface area contributed by atoms with Crippen LogP contribution in [0.5, 0.6) is 0 Å². The highest BCUT2D eigenvalue weighted by Crippen LogP contribution is 2.40. The fraction of sp³-hybridized carbons (Fsp3) is 0.632. The van der Waals surface area contributed by atoms with Crippen molar-refractivity contribution >= 4 is 154 Å². The maximum Gasteiger partial charge on any atom is 0.307 e. The number of sulfone groups is 2. The van der Waals surface area contributed by atoms with Crippen molar-refractivity contribution in [3.63, 3.8) is 0 Å². The molecule has 0 aliphatic heterocycles. The van der Waals surface area contributed by atoms with Crippen molar-refractivity contribution < 1.29 is 153 Å². The topological polar surface area (TPSA) is 660 Å². The van der Waals surface area contributed by atoms with Gasteiger partial charge in [0, 0.05) is 92.1 Å². The molecule has 0 radical (unpaired) electrons. The van der Waals surface area contributed by atoms with Crippen molar-refractivity contribution in [1.29, 1.82) is 0 Å². The molecule has 4 amide bonds. The van der Waals surface area contributed by atoms with Gasteiger partial charge in [0.15, 0.2) is 72.1 Å². The molecule has 0 saturated heterocycles. The fourth-order valence-electron chi connectivity index (χ4n) is 12.2. The van der Waals surface area contributed by atoms with Gasteiger partial charge in [-0.1, -0.05) is 64.2 Å². The standard InChI is InChI=1S/C51H77F3N10O21S3.C17H23F3N2O6S2/c52-41-42(53)46(45(43(54)44(41)64-87(80)81)61-30-7-4-2-1-3-5-8-30)88(82,83)18-11-37(68)58-13-15-85-17-16-84-14-10-31(65)19-27(22-38(69)70)48(76)62-33(9-6-12-59-51(56)57)35(66)20-28(23-39(71)72)47(75)60-25-32(55)49(77)63-34(24-40(73)74)36(67)21-29(26-86)50(78)79;18-12-13(19)17(30(27,28)9-8-11(23)24)16(14(20)15(12)22-29(25)26)21-10-6-4-2-1-3-5-7-10/h27-30,32-34,61,64,86H,1-26,55H2,(H,58,68)(H,60,75)(H,62,76)(H,63,77)(H,69,70)(H,71,72)(H,73,74)(H,78,79)(H,80,81)(H4,56,57,59);10,21-22H,1-9H2,(H,23,24)(H,25,26)/p-2/t27?,28?,29-,32-,33?,34-;/m0./s1. The molecule has 8 atom stereocenters. The monoisotopic (exact) mass is 1790 g/mol. The van der Waals surface area contributed by atoms with Gasteiger partial charge in [0.25, 0.3) is 0 Å². The van der Waals surface area contributed by atoms with Gasteiger partial charge in [0.2, 0.25) is 23.6 Å². The van der Waals surface area contributed by atoms with Gasteiger partial charge >= 0.3 is 29.8 Å². The number of carboxylic acids is 5. The summed E-state index contributed by atoms with van der Waals surface area (Å²) < 4.78 is 200. The molecule has 50 heteroatoms. The molecule has 2 aromatic rings. The normalized spacial score (nSPS) is 15.7. The van der Waals surface area contributed by atoms with Gasteiger partial charge in [-0.3, -0.25) is 70.9 Å². The average Bonchev–Trinajstić information content (AvgIpc) is 0.761. The first-order valence-electron chi connectivity index (χ1n) is 36.9. The quantitative estimate of drug-likeness (QED) is 0.00859. The number of carbonyl (C=O) groups is 12. The molecule has 2 aromatic carbocycles. The lowest BCUT2D eigenvalue weighted by Crippen LogP contribution is -2.53. The molecule has 666 valence electrons. The highest BCUT2D eigenvalue weighted by Gasteiger charge is 2.39. The lowest BCUT2D eigenvalue weighted by molar-refractivity contribution is -0.144. The summed E-state index contributed by atoms with van der Waals surface area (Å²) in [4.78, 5) is 150. The predicted octanol–water partition coefficient (Wildman–Crippen LogP) is 2.25. The summed E-state index contributed by atoms with van der Waals surface area (Å²) in [6, 6.07) is -6.03. The average molecular weight is 1790 g/mol. The molecule has 4 rings (SSSR count). The van der Waals surface area contributed by atoms with E-state index in [0.717, 1.165) is 51.4 Å². The Bertz CT molecular complexity index is 4160. The Kier molecular flexibility index (Phi) is 45.7. The zero-order chi connectivity index (χ0) is 88.7. The van der Waals surface area contributed by atoms with Crippen molar-refractivity contribution in [1.82, 2.24) is 21.3 Å². The van der Waals surface area contributed by atoms with Crippen LogP contribution in [0.1, 0.15) is 161 Å². The Morgan fingerprint density at radius 2 is 0.941 bits per heavy atom. The Labute approximate surface area is 684 Å². The summed E-state index contributed by atoms with van der Waals surface area (Å²) in [5.74, 6) is -33.3. The summed E-state index contributed by atoms with van der Waals surface area (Å²) in [5.41, 5.74) is 12.0. The number of carboxylic acid groups (broad SMARTS) is 5. The molecule has 2 aliphatic carbocycles. The SMILES string of the molecule is NC(N)=NCCCC(NC(=O)C(CC(=O)O)CC(=O)CCOCCOCCNC(=O)CCS(=O)(=O)c1c(F)c(F)c(NS(=O)[O-])c(F)c1NC1CCCCCCC1)C(=O)CC(CC(=O)O)C(=O)NC[C@H](N)C(=O)N[C@@H](CC(=O)O)C(=O)C[C@@H](CS)C(=O)O.O=C(O)CCS(=O)(=O)c1c(F)c(F)c(NS(=O)[O-])c(F)c1NC1CCCCCCC1. The molecule has 0 aromatic heterocycles. The molecule has 0 bridgehead atoms. The number of thiol groups is 1. The van der Waals surface area contributed by atoms with Crippen LogP contribution in [0.4, 0.5) is 49.1 Å². The van der Waals surface area contributed by atoms with E-state index in [1.165, 1.54) is 9.44 Å². The fourth-order valence-corrected chi connectivity index (χ4v) is 16.1. The molecule has 2 aliphatic rings. The number of ether oxygens (including phenoxy) is 2. The maximum absolute atomic E-state index is 15.7. The van der Waals surface area contributed by atoms with Crippen molar-refractivity contribution in [2.24, 2.45) is 39.9 Å². The van der Waals surface area contributed by atoms with Gasteiger partial charge in [0.05, 0.1) is 105 Å². The number of guanidine groups is 1. The van der Waals surface area contributed by atoms with E-state index in [4.69, 9.17) is 31.8 Å². The Hall–Kier alpha value is -8.92. The summed E-state index contributed by atoms with van der Waals surface area (Å²) in [5, 5.41) is 60.8. The van der Waals surface area contributed by atoms with E-state index >= 15 is 17.6 Å². The van der Waals surface area contributed by atoms with Crippen LogP contribution in [0.2, 0.25) is 0 Å². The number of Topliss-reactive ketones (excluding diaryl/α,β-unsaturated/α-hetero) is 3. The number of rotatable bonds is 52. The minimum Gasteiger partial charge on any atom is -0.755 e. The molecule has 5 unspecified atom stereocenters. The molecule has 118 heavy (non-hydrogen) atoms. The van der Waals surface area contributed by atoms with Gasteiger partial charge in [-0.15, -0.1) is 0 Å². The third kappa shape index (κ3) is 36.7. The molecule has 2 fully saturated rings. The minimum absolute atomic E-state index is 0.0128.